The molecule has 1 unspecified atom stereocenters. The van der Waals surface area contributed by atoms with Crippen LogP contribution in [0.2, 0.25) is 0 Å². The van der Waals surface area contributed by atoms with Gasteiger partial charge in [0.15, 0.2) is 4.83 Å². The molecule has 0 saturated carbocycles. The maximum atomic E-state index is 10.6. The maximum absolute atomic E-state index is 10.6. The summed E-state index contributed by atoms with van der Waals surface area (Å²) in [5.41, 5.74) is 6.77. The fraction of sp³-hybridized carbons (Fsp3) is 0.222. The minimum atomic E-state index is -0.209. The molecule has 0 bridgehead atoms. The lowest BCUT2D eigenvalue weighted by molar-refractivity contribution is 0.165. The van der Waals surface area contributed by atoms with E-state index in [2.05, 4.69) is 0 Å². The lowest BCUT2D eigenvalue weighted by atomic mass is 10.1. The highest BCUT2D eigenvalue weighted by molar-refractivity contribution is 6.55. The molecule has 0 amide bonds. The molecule has 1 rings (SSSR count). The number of hydrogen-bond acceptors (Lipinski definition) is 3. The van der Waals surface area contributed by atoms with Crippen molar-refractivity contribution in [2.24, 2.45) is 5.73 Å². The second kappa shape index (κ2) is 5.03. The summed E-state index contributed by atoms with van der Waals surface area (Å²) in [7, 11) is 0. The average Bonchev–Trinajstić information content (AvgIpc) is 2.15. The van der Waals surface area contributed by atoms with E-state index in [1.807, 2.05) is 30.3 Å². The first-order valence-corrected chi connectivity index (χ1v) is 5.14. The van der Waals surface area contributed by atoms with Crippen molar-refractivity contribution in [3.63, 3.8) is 0 Å². The second-order valence-electron chi connectivity index (χ2n) is 2.82. The molecule has 68 valence electrons. The molecule has 0 heterocycles. The molecule has 2 N–H and O–H groups in total. The summed E-state index contributed by atoms with van der Waals surface area (Å²) in [6, 6.07) is 9.39. The summed E-state index contributed by atoms with van der Waals surface area (Å²) >= 11 is 0.420. The Kier molecular flexibility index (Phi) is 3.97. The molecule has 13 heavy (non-hydrogen) atoms. The van der Waals surface area contributed by atoms with E-state index in [4.69, 9.17) is 10.5 Å². The predicted molar refractivity (Wildman–Crippen MR) is 53.3 cm³/mol. The Hall–Kier alpha value is -0.818. The van der Waals surface area contributed by atoms with Crippen molar-refractivity contribution < 1.29 is 9.53 Å². The monoisotopic (exact) mass is 193 g/mol. The standard InChI is InChI=1S/C9H10NO2.Al.2H/c10-9(6-12-7-11)8-4-2-1-3-5-8;;;/h1-5,9H,6,10H2;;;. The number of ether oxygens (including phenoxy) is 1. The Bertz CT molecular complexity index is 276. The van der Waals surface area contributed by atoms with Gasteiger partial charge in [0.05, 0.1) is 6.04 Å². The zero-order valence-electron chi connectivity index (χ0n) is 7.57. The summed E-state index contributed by atoms with van der Waals surface area (Å²) < 4.78 is 4.86. The molecule has 0 fully saturated rings. The van der Waals surface area contributed by atoms with Gasteiger partial charge in [-0.25, -0.2) is 0 Å². The van der Waals surface area contributed by atoms with Crippen LogP contribution < -0.4 is 5.73 Å². The van der Waals surface area contributed by atoms with Crippen LogP contribution in [0.1, 0.15) is 11.6 Å². The van der Waals surface area contributed by atoms with Gasteiger partial charge in [-0.1, -0.05) is 30.3 Å². The summed E-state index contributed by atoms with van der Waals surface area (Å²) in [4.78, 5) is 10.4. The molecular weight excluding hydrogens is 181 g/mol. The molecule has 1 aromatic rings. The molecule has 3 nitrogen and oxygen atoms in total. The quantitative estimate of drug-likeness (QED) is 0.709. The highest BCUT2D eigenvalue weighted by atomic mass is 27.0. The number of hydrogen-bond donors (Lipinski definition) is 1. The fourth-order valence-electron chi connectivity index (χ4n) is 1.00. The third kappa shape index (κ3) is 3.60. The Morgan fingerprint density at radius 2 is 2.08 bits per heavy atom. The topological polar surface area (TPSA) is 52.3 Å². The zero-order valence-corrected chi connectivity index (χ0v) is 9.57. The van der Waals surface area contributed by atoms with Gasteiger partial charge in [-0.15, -0.1) is 0 Å². The number of carbonyl (C=O) groups excluding carboxylic acids is 1. The molecule has 0 radical (unpaired) electrons. The Morgan fingerprint density at radius 1 is 1.46 bits per heavy atom. The molecule has 0 saturated heterocycles. The first kappa shape index (κ1) is 10.3. The van der Waals surface area contributed by atoms with E-state index >= 15 is 0 Å². The van der Waals surface area contributed by atoms with Gasteiger partial charge in [0.25, 0.3) is 0 Å². The summed E-state index contributed by atoms with van der Waals surface area (Å²) in [5.74, 6) is 0. The number of nitrogens with two attached hydrogens (primary N) is 1. The van der Waals surface area contributed by atoms with Crippen LogP contribution in [0, 0.1) is 0 Å². The molecule has 1 atom stereocenters. The van der Waals surface area contributed by atoms with Crippen molar-refractivity contribution in [1.29, 1.82) is 0 Å². The van der Waals surface area contributed by atoms with Crippen molar-refractivity contribution in [1.82, 2.24) is 0 Å². The van der Waals surface area contributed by atoms with Crippen LogP contribution in [-0.4, -0.2) is 27.7 Å². The van der Waals surface area contributed by atoms with Gasteiger partial charge in [0.2, 0.25) is 0 Å². The molecule has 0 aromatic heterocycles. The Labute approximate surface area is 85.3 Å². The van der Waals surface area contributed by atoms with E-state index in [1.165, 1.54) is 0 Å². The first-order chi connectivity index (χ1) is 6.20. The molecule has 0 aliphatic rings. The normalized spacial score (nSPS) is 12.1. The number of carbonyl (C=O) groups is 1. The van der Waals surface area contributed by atoms with E-state index < -0.39 is 0 Å². The molecule has 4 heteroatoms. The third-order valence-corrected chi connectivity index (χ3v) is 1.98. The maximum Gasteiger partial charge on any atom is 0.388 e. The van der Waals surface area contributed by atoms with E-state index in [-0.39, 0.29) is 17.5 Å². The minimum Gasteiger partial charge on any atom is -0.479 e. The molecule has 0 spiro atoms. The summed E-state index contributed by atoms with van der Waals surface area (Å²) in [6.45, 7) is 0.270. The SMILES string of the molecule is NC(CO[C](=O)[AlH2])c1ccccc1. The van der Waals surface area contributed by atoms with Gasteiger partial charge < -0.3 is 10.5 Å². The van der Waals surface area contributed by atoms with E-state index in [1.54, 1.807) is 0 Å². The van der Waals surface area contributed by atoms with Crippen LogP contribution in [0.5, 0.6) is 0 Å². The van der Waals surface area contributed by atoms with E-state index in [0.29, 0.717) is 16.3 Å². The van der Waals surface area contributed by atoms with E-state index in [0.717, 1.165) is 5.56 Å². The largest absolute Gasteiger partial charge is 0.479 e. The Morgan fingerprint density at radius 3 is 2.62 bits per heavy atom. The average molecular weight is 193 g/mol. The third-order valence-electron chi connectivity index (χ3n) is 1.69. The van der Waals surface area contributed by atoms with Gasteiger partial charge in [-0.3, -0.25) is 4.79 Å². The first-order valence-electron chi connectivity index (χ1n) is 4.14. The molecular formula is C9H12AlNO2. The minimum absolute atomic E-state index is 0.161. The van der Waals surface area contributed by atoms with Crippen LogP contribution in [0.3, 0.4) is 0 Å². The van der Waals surface area contributed by atoms with Gasteiger partial charge in [-0.05, 0) is 5.56 Å². The van der Waals surface area contributed by atoms with Crippen molar-refractivity contribution in [3.8, 4) is 0 Å². The van der Waals surface area contributed by atoms with Crippen LogP contribution in [0.4, 0.5) is 4.79 Å². The summed E-state index contributed by atoms with van der Waals surface area (Å²) in [5, 5.41) is 0. The van der Waals surface area contributed by atoms with Crippen LogP contribution in [-0.2, 0) is 4.74 Å². The van der Waals surface area contributed by atoms with Crippen molar-refractivity contribution in [3.05, 3.63) is 35.9 Å². The van der Waals surface area contributed by atoms with Crippen LogP contribution in [0.15, 0.2) is 30.3 Å². The number of rotatable bonds is 3. The smallest absolute Gasteiger partial charge is 0.388 e. The van der Waals surface area contributed by atoms with Gasteiger partial charge in [0, 0.05) is 0 Å². The Balaban J connectivity index is 2.49. The van der Waals surface area contributed by atoms with Crippen molar-refractivity contribution in [2.45, 2.75) is 6.04 Å². The lowest BCUT2D eigenvalue weighted by Crippen LogP contribution is -2.19. The molecule has 1 aromatic carbocycles. The van der Waals surface area contributed by atoms with Crippen molar-refractivity contribution >= 4 is 21.1 Å². The molecule has 0 aliphatic carbocycles. The van der Waals surface area contributed by atoms with Crippen LogP contribution >= 0.6 is 0 Å². The number of benzene rings is 1. The summed E-state index contributed by atoms with van der Waals surface area (Å²) in [6.07, 6.45) is 0. The van der Waals surface area contributed by atoms with Gasteiger partial charge in [0.1, 0.15) is 6.61 Å². The van der Waals surface area contributed by atoms with Gasteiger partial charge in [-0.2, -0.15) is 0 Å². The highest BCUT2D eigenvalue weighted by Crippen LogP contribution is 2.09. The second-order valence-corrected chi connectivity index (χ2v) is 3.64. The zero-order chi connectivity index (χ0) is 9.68. The van der Waals surface area contributed by atoms with Crippen LogP contribution in [0.25, 0.3) is 0 Å². The predicted octanol–water partition coefficient (Wildman–Crippen LogP) is 0.456. The van der Waals surface area contributed by atoms with E-state index in [9.17, 15) is 4.79 Å². The highest BCUT2D eigenvalue weighted by Gasteiger charge is 2.05. The van der Waals surface area contributed by atoms with Crippen molar-refractivity contribution in [2.75, 3.05) is 6.61 Å². The van der Waals surface area contributed by atoms with Gasteiger partial charge >= 0.3 is 16.3 Å². The lowest BCUT2D eigenvalue weighted by Gasteiger charge is -2.11. The molecule has 0 aliphatic heterocycles. The fourth-order valence-corrected chi connectivity index (χ4v) is 1.17.